The van der Waals surface area contributed by atoms with E-state index in [4.69, 9.17) is 5.11 Å². The van der Waals surface area contributed by atoms with Gasteiger partial charge in [0.2, 0.25) is 0 Å². The molecular formula is C17H23NO3. The van der Waals surface area contributed by atoms with Crippen molar-refractivity contribution in [2.45, 2.75) is 45.1 Å². The molecule has 2 aliphatic rings. The molecule has 1 spiro atoms. The van der Waals surface area contributed by atoms with E-state index >= 15 is 0 Å². The minimum absolute atomic E-state index is 0.115. The van der Waals surface area contributed by atoms with E-state index in [-0.39, 0.29) is 5.41 Å². The number of benzene rings is 1. The lowest BCUT2D eigenvalue weighted by Crippen LogP contribution is -2.60. The maximum absolute atomic E-state index is 11.0. The van der Waals surface area contributed by atoms with E-state index in [0.29, 0.717) is 13.1 Å². The molecule has 0 atom stereocenters. The maximum atomic E-state index is 11.0. The van der Waals surface area contributed by atoms with Crippen LogP contribution < -0.4 is 0 Å². The highest BCUT2D eigenvalue weighted by Gasteiger charge is 2.50. The fraction of sp³-hybridized carbons (Fsp3) is 0.588. The van der Waals surface area contributed by atoms with Gasteiger partial charge in [0.05, 0.1) is 5.60 Å². The van der Waals surface area contributed by atoms with Gasteiger partial charge in [0, 0.05) is 18.5 Å². The number of nitrogens with zero attached hydrogens (tertiary/aromatic N) is 1. The Morgan fingerprint density at radius 3 is 2.05 bits per heavy atom. The minimum atomic E-state index is -0.823. The number of hydrogen-bond donors (Lipinski definition) is 2. The molecule has 0 unspecified atom stereocenters. The predicted octanol–water partition coefficient (Wildman–Crippen LogP) is 3.05. The van der Waals surface area contributed by atoms with Crippen LogP contribution in [0, 0.1) is 19.3 Å². The molecule has 0 radical (unpaired) electrons. The molecule has 2 N–H and O–H groups in total. The van der Waals surface area contributed by atoms with Gasteiger partial charge in [-0.3, -0.25) is 0 Å². The molecule has 1 aromatic rings. The Morgan fingerprint density at radius 1 is 1.05 bits per heavy atom. The van der Waals surface area contributed by atoms with Gasteiger partial charge in [-0.2, -0.15) is 0 Å². The molecule has 1 aliphatic heterocycles. The van der Waals surface area contributed by atoms with Gasteiger partial charge in [0.15, 0.2) is 0 Å². The van der Waals surface area contributed by atoms with Gasteiger partial charge in [-0.25, -0.2) is 4.79 Å². The number of aryl methyl sites for hydroxylation is 2. The quantitative estimate of drug-likeness (QED) is 0.835. The minimum Gasteiger partial charge on any atom is -0.465 e. The molecule has 4 heteroatoms. The lowest BCUT2D eigenvalue weighted by Gasteiger charge is -2.54. The number of hydrogen-bond acceptors (Lipinski definition) is 2. The lowest BCUT2D eigenvalue weighted by molar-refractivity contribution is -0.0873. The van der Waals surface area contributed by atoms with E-state index < -0.39 is 11.7 Å². The number of likely N-dealkylation sites (tertiary alicyclic amines) is 1. The number of amides is 1. The predicted molar refractivity (Wildman–Crippen MR) is 80.3 cm³/mol. The van der Waals surface area contributed by atoms with Crippen LogP contribution in [0.4, 0.5) is 4.79 Å². The Bertz CT molecular complexity index is 545. The second kappa shape index (κ2) is 4.73. The van der Waals surface area contributed by atoms with E-state index in [0.717, 1.165) is 31.2 Å². The number of rotatable bonds is 1. The molecule has 1 amide bonds. The van der Waals surface area contributed by atoms with Crippen molar-refractivity contribution in [3.05, 3.63) is 34.9 Å². The molecule has 1 aromatic carbocycles. The van der Waals surface area contributed by atoms with Crippen molar-refractivity contribution in [2.24, 2.45) is 5.41 Å². The summed E-state index contributed by atoms with van der Waals surface area (Å²) in [5, 5.41) is 20.0. The van der Waals surface area contributed by atoms with E-state index in [2.05, 4.69) is 32.0 Å². The van der Waals surface area contributed by atoms with Gasteiger partial charge in [-0.1, -0.05) is 29.3 Å². The molecule has 2 fully saturated rings. The SMILES string of the molecule is Cc1cc(C)cc(C2(O)CCC3(CC2)CN(C(=O)O)C3)c1. The summed E-state index contributed by atoms with van der Waals surface area (Å²) in [6.07, 6.45) is 2.43. The summed E-state index contributed by atoms with van der Waals surface area (Å²) < 4.78 is 0. The van der Waals surface area contributed by atoms with Crippen molar-refractivity contribution < 1.29 is 15.0 Å². The summed E-state index contributed by atoms with van der Waals surface area (Å²) >= 11 is 0. The summed E-state index contributed by atoms with van der Waals surface area (Å²) in [5.41, 5.74) is 2.75. The van der Waals surface area contributed by atoms with E-state index in [1.54, 1.807) is 0 Å². The summed E-state index contributed by atoms with van der Waals surface area (Å²) in [4.78, 5) is 12.4. The van der Waals surface area contributed by atoms with Gasteiger partial charge in [-0.05, 0) is 45.1 Å². The Labute approximate surface area is 125 Å². The van der Waals surface area contributed by atoms with Crippen LogP contribution in [0.2, 0.25) is 0 Å². The monoisotopic (exact) mass is 289 g/mol. The van der Waals surface area contributed by atoms with Crippen molar-refractivity contribution in [2.75, 3.05) is 13.1 Å². The zero-order chi connectivity index (χ0) is 15.3. The summed E-state index contributed by atoms with van der Waals surface area (Å²) in [5.74, 6) is 0. The van der Waals surface area contributed by atoms with Crippen molar-refractivity contribution in [1.29, 1.82) is 0 Å². The van der Waals surface area contributed by atoms with Crippen LogP contribution in [-0.2, 0) is 5.60 Å². The Balaban J connectivity index is 1.71. The molecule has 3 rings (SSSR count). The Morgan fingerprint density at radius 2 is 1.57 bits per heavy atom. The maximum Gasteiger partial charge on any atom is 0.407 e. The van der Waals surface area contributed by atoms with E-state index in [9.17, 15) is 9.90 Å². The molecule has 1 saturated heterocycles. The molecule has 0 bridgehead atoms. The summed E-state index contributed by atoms with van der Waals surface area (Å²) in [6, 6.07) is 6.28. The van der Waals surface area contributed by atoms with E-state index in [1.807, 2.05) is 0 Å². The summed E-state index contributed by atoms with van der Waals surface area (Å²) in [7, 11) is 0. The highest BCUT2D eigenvalue weighted by molar-refractivity contribution is 5.66. The van der Waals surface area contributed by atoms with Gasteiger partial charge in [0.25, 0.3) is 0 Å². The van der Waals surface area contributed by atoms with Crippen molar-refractivity contribution >= 4 is 6.09 Å². The fourth-order valence-electron chi connectivity index (χ4n) is 3.94. The zero-order valence-electron chi connectivity index (χ0n) is 12.7. The molecule has 4 nitrogen and oxygen atoms in total. The molecule has 21 heavy (non-hydrogen) atoms. The number of carboxylic acid groups (broad SMARTS) is 1. The van der Waals surface area contributed by atoms with Crippen LogP contribution in [-0.4, -0.2) is 34.3 Å². The van der Waals surface area contributed by atoms with Gasteiger partial charge in [0.1, 0.15) is 0 Å². The second-order valence-electron chi connectivity index (χ2n) is 7.05. The third kappa shape index (κ3) is 2.53. The fourth-order valence-corrected chi connectivity index (χ4v) is 3.94. The Hall–Kier alpha value is -1.55. The van der Waals surface area contributed by atoms with Crippen molar-refractivity contribution in [3.63, 3.8) is 0 Å². The first-order valence-electron chi connectivity index (χ1n) is 7.61. The second-order valence-corrected chi connectivity index (χ2v) is 7.05. The van der Waals surface area contributed by atoms with Crippen LogP contribution in [0.3, 0.4) is 0 Å². The number of carbonyl (C=O) groups is 1. The average molecular weight is 289 g/mol. The molecule has 0 aromatic heterocycles. The standard InChI is InChI=1S/C17H23NO3/c1-12-7-13(2)9-14(8-12)17(21)5-3-16(4-6-17)10-18(11-16)15(19)20/h7-9,21H,3-6,10-11H2,1-2H3,(H,19,20). The topological polar surface area (TPSA) is 60.8 Å². The molecular weight excluding hydrogens is 266 g/mol. The van der Waals surface area contributed by atoms with Crippen LogP contribution in [0.15, 0.2) is 18.2 Å². The first-order valence-corrected chi connectivity index (χ1v) is 7.61. The van der Waals surface area contributed by atoms with Crippen LogP contribution >= 0.6 is 0 Å². The average Bonchev–Trinajstić information content (AvgIpc) is 2.36. The van der Waals surface area contributed by atoms with Gasteiger partial charge in [-0.15, -0.1) is 0 Å². The molecule has 114 valence electrons. The third-order valence-electron chi connectivity index (χ3n) is 5.22. The summed E-state index contributed by atoms with van der Waals surface area (Å²) in [6.45, 7) is 5.37. The zero-order valence-corrected chi connectivity index (χ0v) is 12.7. The van der Waals surface area contributed by atoms with Crippen molar-refractivity contribution in [3.8, 4) is 0 Å². The molecule has 1 aliphatic carbocycles. The van der Waals surface area contributed by atoms with Crippen molar-refractivity contribution in [1.82, 2.24) is 4.90 Å². The van der Waals surface area contributed by atoms with Crippen LogP contribution in [0.25, 0.3) is 0 Å². The van der Waals surface area contributed by atoms with Gasteiger partial charge >= 0.3 is 6.09 Å². The first kappa shape index (κ1) is 14.4. The highest BCUT2D eigenvalue weighted by Crippen LogP contribution is 2.50. The first-order chi connectivity index (χ1) is 9.82. The van der Waals surface area contributed by atoms with Crippen LogP contribution in [0.5, 0.6) is 0 Å². The molecule has 1 heterocycles. The third-order valence-corrected chi connectivity index (χ3v) is 5.22. The largest absolute Gasteiger partial charge is 0.465 e. The van der Waals surface area contributed by atoms with E-state index in [1.165, 1.54) is 16.0 Å². The normalized spacial score (nSPS) is 22.9. The highest BCUT2D eigenvalue weighted by atomic mass is 16.4. The lowest BCUT2D eigenvalue weighted by atomic mass is 9.63. The van der Waals surface area contributed by atoms with Crippen LogP contribution in [0.1, 0.15) is 42.4 Å². The Kier molecular flexibility index (Phi) is 3.24. The number of aliphatic hydroxyl groups is 1. The molecule has 1 saturated carbocycles. The van der Waals surface area contributed by atoms with Gasteiger partial charge < -0.3 is 15.1 Å². The smallest absolute Gasteiger partial charge is 0.407 e.